The van der Waals surface area contributed by atoms with Crippen LogP contribution in [0.3, 0.4) is 0 Å². The molecule has 100 heavy (non-hydrogen) atoms. The molecule has 0 aromatic rings. The molecule has 0 aromatic heterocycles. The van der Waals surface area contributed by atoms with E-state index in [1.165, 1.54) is 19.6 Å². The summed E-state index contributed by atoms with van der Waals surface area (Å²) in [7, 11) is -114. The van der Waals surface area contributed by atoms with Gasteiger partial charge in [0.2, 0.25) is 146 Å². The number of rotatable bonds is 61. The summed E-state index contributed by atoms with van der Waals surface area (Å²) in [5.41, 5.74) is 0. The predicted octanol–water partition coefficient (Wildman–Crippen LogP) is -29.7. The van der Waals surface area contributed by atoms with E-state index >= 15 is 0 Å². The predicted molar refractivity (Wildman–Crippen MR) is 399 cm³/mol. The molecular formula is C9H56O45Si46. The summed E-state index contributed by atoms with van der Waals surface area (Å²) < 4.78 is 117. The van der Waals surface area contributed by atoms with Gasteiger partial charge in [0.25, 0.3) is 83.2 Å². The van der Waals surface area contributed by atoms with Gasteiger partial charge in [-0.05, 0) is 52.4 Å². The fraction of sp³-hybridized carbons (Fsp3) is 1.00. The second kappa shape index (κ2) is 47.7. The molecule has 0 bridgehead atoms. The molecular weight excluding hydrogens is 2120 g/mol. The van der Waals surface area contributed by atoms with Crippen molar-refractivity contribution in [3.8, 4) is 0 Å². The first kappa shape index (κ1) is 108. The van der Waals surface area contributed by atoms with Crippen LogP contribution in [0.2, 0.25) is 52.4 Å². The van der Waals surface area contributed by atoms with Crippen molar-refractivity contribution in [3.63, 3.8) is 0 Å². The smallest absolute Gasteiger partial charge is 0.420 e. The molecule has 546 valence electrons. The first-order valence-electron chi connectivity index (χ1n) is 24.8. The first-order valence-corrected chi connectivity index (χ1v) is 117. The third-order valence-corrected chi connectivity index (χ3v) is 364. The maximum absolute atomic E-state index is 13.5. The van der Waals surface area contributed by atoms with Crippen LogP contribution in [0, 0.1) is 0 Å². The third-order valence-electron chi connectivity index (χ3n) is 12.5. The number of hydrogen-bond acceptors (Lipinski definition) is 45. The Hall–Kier alpha value is 8.18. The van der Waals surface area contributed by atoms with Gasteiger partial charge in [0.05, 0.1) is 0 Å². The van der Waals surface area contributed by atoms with Crippen LogP contribution in [0.4, 0.5) is 0 Å². The van der Waals surface area contributed by atoms with E-state index in [2.05, 4.69) is 9.76 Å². The highest BCUT2D eigenvalue weighted by Crippen LogP contribution is 2.57. The van der Waals surface area contributed by atoms with Crippen molar-refractivity contribution in [1.29, 1.82) is 0 Å². The van der Waals surface area contributed by atoms with Crippen LogP contribution >= 0.6 is 0 Å². The van der Waals surface area contributed by atoms with Gasteiger partial charge in [0, 0.05) is 16.9 Å². The van der Waals surface area contributed by atoms with Gasteiger partial charge in [-0.1, -0.05) is 0 Å². The summed E-state index contributed by atoms with van der Waals surface area (Å²) in [5, 5.41) is 0. The zero-order chi connectivity index (χ0) is 78.1. The molecule has 0 spiro atoms. The summed E-state index contributed by atoms with van der Waals surface area (Å²) in [6.07, 6.45) is 0. The van der Waals surface area contributed by atoms with E-state index < -0.39 is 390 Å². The Morgan fingerprint density at radius 3 is 0.840 bits per heavy atom. The molecule has 0 aliphatic heterocycles. The lowest BCUT2D eigenvalue weighted by Crippen LogP contribution is -3.17. The summed E-state index contributed by atoms with van der Waals surface area (Å²) in [4.78, 5) is 348. The SMILES string of the molecule is CO[Si](C)([Si])[Si](O[Si](C)O)([Si](O[Si]O)([Si]O)[Si]O)[Si](O[Si](O[Si]O)([Si]O)[Si]O)([Si](O[Si]O)([Si]O)[Si]O)[Si](O[Si](C)(C)O[Si](C)(C)C)(O[Si](O[Si](O[Si]O)([Si]O)[Si]O)([Si](O[Si]O)([Si]O)[Si]O)[Si](O[Si]O)([Si]O)[Si]O)[Si](O[Si](O[Si]O)([Si]O)[Si]O)([Si](O[Si]O)([Si]O)[Si]O)[Si](O[SiH](C)O)([Si]O)[Si]O. The van der Waals surface area contributed by atoms with E-state index in [4.69, 9.17) is 70.3 Å². The molecule has 91 heteroatoms. The van der Waals surface area contributed by atoms with E-state index in [1.54, 1.807) is 0 Å². The Balaban J connectivity index is 15.7. The van der Waals surface area contributed by atoms with Crippen LogP contribution in [0.1, 0.15) is 0 Å². The maximum Gasteiger partial charge on any atom is 0.420 e. The van der Waals surface area contributed by atoms with E-state index in [0.29, 0.717) is 0 Å². The third kappa shape index (κ3) is 21.6. The lowest BCUT2D eigenvalue weighted by atomic mass is 11.8. The molecule has 0 saturated carbocycles. The minimum atomic E-state index is -8.58. The molecule has 0 aliphatic rings. The van der Waals surface area contributed by atoms with Gasteiger partial charge < -0.3 is 205 Å². The monoisotopic (exact) mass is 2170 g/mol. The average Bonchev–Trinajstić information content (AvgIpc) is 0.629. The van der Waals surface area contributed by atoms with Crippen LogP contribution in [0.15, 0.2) is 0 Å². The molecule has 28 N–H and O–H groups in total. The van der Waals surface area contributed by atoms with Crippen molar-refractivity contribution in [3.05, 3.63) is 0 Å². The van der Waals surface area contributed by atoms with Crippen LogP contribution in [0.25, 0.3) is 0 Å². The Morgan fingerprint density at radius 1 is 0.320 bits per heavy atom. The molecule has 0 saturated heterocycles. The summed E-state index contributed by atoms with van der Waals surface area (Å²) >= 11 is 0. The van der Waals surface area contributed by atoms with Crippen LogP contribution < -0.4 is 0 Å². The average molecular weight is 2180 g/mol. The molecule has 56 radical (unpaired) electrons. The first-order chi connectivity index (χ1) is 46.7. The van der Waals surface area contributed by atoms with E-state index in [9.17, 15) is 134 Å². The van der Waals surface area contributed by atoms with Gasteiger partial charge in [0.15, 0.2) is 15.7 Å². The molecule has 6 atom stereocenters. The van der Waals surface area contributed by atoms with Crippen molar-refractivity contribution in [2.24, 2.45) is 0 Å². The van der Waals surface area contributed by atoms with Gasteiger partial charge in [-0.15, -0.1) is 0 Å². The number of hydrogen-bond donors (Lipinski definition) is 28. The Morgan fingerprint density at radius 2 is 0.590 bits per heavy atom. The summed E-state index contributed by atoms with van der Waals surface area (Å²) in [5.74, 6) is 0. The standard InChI is InChI=1S/C9H56O45Si46/c1-38-86(9,55)98(48-83(3)37,94(74-28,75-29)44-61-15)100(96(78-32,79-33)46-63-17,53-89(68-22,69-23)41-58-12)91(50-85(7,8)49-84(4,5)6,54-90(92(70-24,71-25)42-59-13,93(72-26,73-27)43-60-14)51-87(64-18,65-19)39-56-10)99(95(76-30,77-31)45-62-16,52-88(66-20,67-21)40-57-11)97(80-34,81-35)47-82(2)36/h10-37,82H,1-9H3. The van der Waals surface area contributed by atoms with Crippen molar-refractivity contribution < 1.29 is 205 Å². The molecule has 0 fully saturated rings. The van der Waals surface area contributed by atoms with Gasteiger partial charge in [-0.25, -0.2) is 0 Å². The van der Waals surface area contributed by atoms with Crippen molar-refractivity contribution in [2.75, 3.05) is 7.11 Å². The van der Waals surface area contributed by atoms with Crippen LogP contribution in [-0.4, -0.2) is 541 Å². The highest BCUT2D eigenvalue weighted by Gasteiger charge is 3.04. The van der Waals surface area contributed by atoms with Crippen LogP contribution in [0.5, 0.6) is 0 Å². The zero-order valence-corrected chi connectivity index (χ0v) is 97.7. The van der Waals surface area contributed by atoms with E-state index in [1.807, 2.05) is 0 Å². The molecule has 0 amide bonds. The van der Waals surface area contributed by atoms with Gasteiger partial charge in [-0.3, -0.25) is 0 Å². The van der Waals surface area contributed by atoms with Gasteiger partial charge in [0.1, 0.15) is 0 Å². The van der Waals surface area contributed by atoms with Crippen molar-refractivity contribution in [2.45, 2.75) is 52.4 Å². The summed E-state index contributed by atoms with van der Waals surface area (Å²) in [6, 6.07) is 0. The normalized spacial score (nSPS) is 17.7. The van der Waals surface area contributed by atoms with E-state index in [-0.39, 0.29) is 0 Å². The Bertz CT molecular complexity index is 2220. The second-order valence-electron chi connectivity index (χ2n) is 19.5. The highest BCUT2D eigenvalue weighted by molar-refractivity contribution is 8.28. The molecule has 45 nitrogen and oxygen atoms in total. The molecule has 6 unspecified atom stereocenters. The van der Waals surface area contributed by atoms with E-state index in [0.717, 1.165) is 39.8 Å². The zero-order valence-electron chi connectivity index (χ0n) is 51.5. The highest BCUT2D eigenvalue weighted by atomic mass is 30.5. The largest absolute Gasteiger partial charge is 0.439 e. The van der Waals surface area contributed by atoms with Gasteiger partial charge >= 0.3 is 145 Å². The fourth-order valence-corrected chi connectivity index (χ4v) is 644. The Labute approximate surface area is 656 Å². The quantitative estimate of drug-likeness (QED) is 0.0251. The fourth-order valence-electron chi connectivity index (χ4n) is 9.41. The molecule has 0 aliphatic carbocycles. The minimum Gasteiger partial charge on any atom is -0.439 e. The summed E-state index contributed by atoms with van der Waals surface area (Å²) in [6.45, 7) is -53.9. The second-order valence-corrected chi connectivity index (χ2v) is 212. The maximum atomic E-state index is 13.5. The van der Waals surface area contributed by atoms with Gasteiger partial charge in [-0.2, -0.15) is 0 Å². The van der Waals surface area contributed by atoms with Crippen LogP contribution in [-0.2, 0) is 70.3 Å². The Kier molecular flexibility index (Phi) is 51.6. The topological polar surface area (TPSA) is 723 Å². The lowest BCUT2D eigenvalue weighted by molar-refractivity contribution is 0.291. The molecule has 0 rings (SSSR count). The lowest BCUT2D eigenvalue weighted by Gasteiger charge is -2.73. The van der Waals surface area contributed by atoms with Crippen molar-refractivity contribution >= 4 is 399 Å². The molecule has 0 heterocycles. The van der Waals surface area contributed by atoms with Crippen molar-refractivity contribution in [1.82, 2.24) is 0 Å². The molecule has 0 aromatic carbocycles. The minimum absolute atomic E-state index is 0.820.